The van der Waals surface area contributed by atoms with Crippen LogP contribution in [0.3, 0.4) is 0 Å². The zero-order valence-electron chi connectivity index (χ0n) is 17.2. The number of aliphatic imine (C=N–C) groups is 1. The number of hydrogen-bond acceptors (Lipinski definition) is 6. The summed E-state index contributed by atoms with van der Waals surface area (Å²) in [6.45, 7) is 1.62. The van der Waals surface area contributed by atoms with E-state index in [1.54, 1.807) is 6.07 Å². The number of alkyl halides is 3. The van der Waals surface area contributed by atoms with Gasteiger partial charge >= 0.3 is 6.18 Å². The number of unbranched alkanes of at least 4 members (excludes halogenated alkanes) is 5. The largest absolute Gasteiger partial charge is 0.493 e. The van der Waals surface area contributed by atoms with Gasteiger partial charge in [0, 0.05) is 0 Å². The zero-order valence-corrected chi connectivity index (χ0v) is 18.1. The van der Waals surface area contributed by atoms with Crippen LogP contribution in [0, 0.1) is 0 Å². The highest BCUT2D eigenvalue weighted by molar-refractivity contribution is 8.14. The lowest BCUT2D eigenvalue weighted by Crippen LogP contribution is -2.53. The number of aliphatic hydroxyl groups excluding tert-OH is 2. The molecular weight excluding hydrogens is 417 g/mol. The smallest absolute Gasteiger partial charge is 0.419 e. The number of rotatable bonds is 12. The molecule has 1 aliphatic heterocycles. The van der Waals surface area contributed by atoms with Crippen molar-refractivity contribution in [3.05, 3.63) is 29.3 Å². The van der Waals surface area contributed by atoms with Gasteiger partial charge in [-0.25, -0.2) is 0 Å². The van der Waals surface area contributed by atoms with E-state index in [1.807, 2.05) is 0 Å². The summed E-state index contributed by atoms with van der Waals surface area (Å²) >= 11 is 1.17. The van der Waals surface area contributed by atoms with E-state index in [0.29, 0.717) is 10.6 Å². The monoisotopic (exact) mass is 448 g/mol. The molecule has 1 atom stereocenters. The van der Waals surface area contributed by atoms with Crippen molar-refractivity contribution in [1.29, 1.82) is 0 Å². The first-order chi connectivity index (χ1) is 14.2. The maximum Gasteiger partial charge on any atom is 0.419 e. The van der Waals surface area contributed by atoms with E-state index in [4.69, 9.17) is 10.5 Å². The Kier molecular flexibility index (Phi) is 9.46. The van der Waals surface area contributed by atoms with E-state index in [-0.39, 0.29) is 24.2 Å². The molecule has 1 aromatic carbocycles. The molecule has 0 aromatic heterocycles. The van der Waals surface area contributed by atoms with E-state index in [0.717, 1.165) is 38.2 Å². The van der Waals surface area contributed by atoms with Crippen molar-refractivity contribution in [3.63, 3.8) is 0 Å². The molecule has 2 rings (SSSR count). The van der Waals surface area contributed by atoms with Crippen LogP contribution in [0.5, 0.6) is 5.75 Å². The van der Waals surface area contributed by atoms with E-state index in [1.165, 1.54) is 24.2 Å². The molecule has 9 heteroatoms. The van der Waals surface area contributed by atoms with Gasteiger partial charge < -0.3 is 20.7 Å². The number of ether oxygens (including phenoxy) is 1. The number of aliphatic hydroxyl groups is 2. The first-order valence-electron chi connectivity index (χ1n) is 10.3. The van der Waals surface area contributed by atoms with Gasteiger partial charge in [0.25, 0.3) is 0 Å². The van der Waals surface area contributed by atoms with Gasteiger partial charge in [-0.15, -0.1) is 0 Å². The molecule has 0 saturated carbocycles. The average molecular weight is 449 g/mol. The third-order valence-corrected chi connectivity index (χ3v) is 6.55. The number of nitrogens with zero attached hydrogens (tertiary/aromatic N) is 1. The Morgan fingerprint density at radius 3 is 2.43 bits per heavy atom. The minimum absolute atomic E-state index is 0.164. The highest BCUT2D eigenvalue weighted by atomic mass is 32.2. The summed E-state index contributed by atoms with van der Waals surface area (Å²) in [5, 5.41) is 18.8. The van der Waals surface area contributed by atoms with Gasteiger partial charge in [-0.3, -0.25) is 4.99 Å². The Morgan fingerprint density at radius 2 is 1.80 bits per heavy atom. The fraction of sp³-hybridized carbons (Fsp3) is 0.667. The van der Waals surface area contributed by atoms with Gasteiger partial charge in [0.1, 0.15) is 11.3 Å². The van der Waals surface area contributed by atoms with Gasteiger partial charge in [0.2, 0.25) is 0 Å². The van der Waals surface area contributed by atoms with Crippen LogP contribution in [-0.2, 0) is 6.18 Å². The van der Waals surface area contributed by atoms with Crippen LogP contribution >= 0.6 is 11.8 Å². The van der Waals surface area contributed by atoms with Gasteiger partial charge in [-0.1, -0.05) is 56.9 Å². The van der Waals surface area contributed by atoms with Crippen molar-refractivity contribution in [1.82, 2.24) is 0 Å². The Morgan fingerprint density at radius 1 is 1.13 bits per heavy atom. The van der Waals surface area contributed by atoms with E-state index in [9.17, 15) is 23.4 Å². The topological polar surface area (TPSA) is 88.1 Å². The third-order valence-electron chi connectivity index (χ3n) is 5.08. The second-order valence-corrected chi connectivity index (χ2v) is 8.79. The molecule has 0 fully saturated rings. The Bertz CT molecular complexity index is 709. The molecule has 0 amide bonds. The molecule has 5 nitrogen and oxygen atoms in total. The summed E-state index contributed by atoms with van der Waals surface area (Å²) in [7, 11) is 0. The van der Waals surface area contributed by atoms with Crippen molar-refractivity contribution in [2.45, 2.75) is 62.4 Å². The predicted molar refractivity (Wildman–Crippen MR) is 114 cm³/mol. The number of thioether (sulfide) groups is 1. The fourth-order valence-electron chi connectivity index (χ4n) is 3.17. The lowest BCUT2D eigenvalue weighted by atomic mass is 10.1. The molecule has 0 saturated heterocycles. The highest BCUT2D eigenvalue weighted by Crippen LogP contribution is 2.43. The van der Waals surface area contributed by atoms with Crippen LogP contribution in [0.4, 0.5) is 13.2 Å². The summed E-state index contributed by atoms with van der Waals surface area (Å²) < 4.78 is 46.3. The zero-order chi connectivity index (χ0) is 22.2. The second kappa shape index (κ2) is 11.4. The molecule has 1 aliphatic rings. The predicted octanol–water partition coefficient (Wildman–Crippen LogP) is 4.31. The number of benzene rings is 1. The maximum absolute atomic E-state index is 13.6. The van der Waals surface area contributed by atoms with Gasteiger partial charge in [0.05, 0.1) is 42.2 Å². The van der Waals surface area contributed by atoms with Gasteiger partial charge in [-0.2, -0.15) is 13.2 Å². The first kappa shape index (κ1) is 25.0. The van der Waals surface area contributed by atoms with Crippen LogP contribution in [0.15, 0.2) is 23.2 Å². The highest BCUT2D eigenvalue weighted by Gasteiger charge is 2.38. The average Bonchev–Trinajstić information content (AvgIpc) is 3.23. The summed E-state index contributed by atoms with van der Waals surface area (Å²) in [4.78, 5) is 4.23. The van der Waals surface area contributed by atoms with Crippen LogP contribution in [0.1, 0.15) is 61.8 Å². The van der Waals surface area contributed by atoms with Gasteiger partial charge in [-0.05, 0) is 24.1 Å². The van der Waals surface area contributed by atoms with E-state index < -0.39 is 30.5 Å². The van der Waals surface area contributed by atoms with Crippen LogP contribution < -0.4 is 10.5 Å². The lowest BCUT2D eigenvalue weighted by molar-refractivity contribution is -0.139. The standard InChI is InChI=1S/C21H31F3N2O3S/c1-2-3-4-5-6-7-10-29-17-9-8-15(11-16(17)21(22,23)24)18-12-26-19(30-18)20(25,13-27)14-28/h8-9,11,18,27-28H,2-7,10,12-14,25H2,1H3. The van der Waals surface area contributed by atoms with Crippen LogP contribution in [-0.4, -0.2) is 47.2 Å². The van der Waals surface area contributed by atoms with E-state index >= 15 is 0 Å². The normalized spacial score (nSPS) is 17.3. The molecule has 4 N–H and O–H groups in total. The number of nitrogens with two attached hydrogens (primary N) is 1. The summed E-state index contributed by atoms with van der Waals surface area (Å²) in [6.07, 6.45) is 1.65. The van der Waals surface area contributed by atoms with Crippen molar-refractivity contribution in [2.24, 2.45) is 10.7 Å². The molecule has 30 heavy (non-hydrogen) atoms. The molecule has 170 valence electrons. The van der Waals surface area contributed by atoms with Crippen LogP contribution in [0.2, 0.25) is 0 Å². The first-order valence-corrected chi connectivity index (χ1v) is 11.2. The molecule has 1 heterocycles. The summed E-state index contributed by atoms with van der Waals surface area (Å²) in [5.74, 6) is -0.164. The van der Waals surface area contributed by atoms with Crippen molar-refractivity contribution < 1.29 is 28.1 Å². The van der Waals surface area contributed by atoms with Crippen molar-refractivity contribution in [2.75, 3.05) is 26.4 Å². The molecule has 1 unspecified atom stereocenters. The SMILES string of the molecule is CCCCCCCCOc1ccc(C2CN=C(C(N)(CO)CO)S2)cc1C(F)(F)F. The lowest BCUT2D eigenvalue weighted by Gasteiger charge is -2.24. The maximum atomic E-state index is 13.6. The quantitative estimate of drug-likeness (QED) is 0.415. The fourth-order valence-corrected chi connectivity index (χ4v) is 4.38. The number of hydrogen-bond donors (Lipinski definition) is 3. The van der Waals surface area contributed by atoms with E-state index in [2.05, 4.69) is 11.9 Å². The molecule has 1 aromatic rings. The van der Waals surface area contributed by atoms with Crippen molar-refractivity contribution in [3.8, 4) is 5.75 Å². The summed E-state index contributed by atoms with van der Waals surface area (Å²) in [5.41, 5.74) is 4.19. The van der Waals surface area contributed by atoms with Gasteiger partial charge in [0.15, 0.2) is 0 Å². The summed E-state index contributed by atoms with van der Waals surface area (Å²) in [6, 6.07) is 4.07. The Labute approximate surface area is 179 Å². The van der Waals surface area contributed by atoms with Crippen LogP contribution in [0.25, 0.3) is 0 Å². The molecule has 0 radical (unpaired) electrons. The number of halogens is 3. The Balaban J connectivity index is 2.03. The minimum atomic E-state index is -4.53. The molecule has 0 aliphatic carbocycles. The second-order valence-electron chi connectivity index (χ2n) is 7.59. The molecule has 0 bridgehead atoms. The van der Waals surface area contributed by atoms with Crippen molar-refractivity contribution >= 4 is 16.8 Å². The Hall–Kier alpha value is -1.29. The molecular formula is C21H31F3N2O3S. The minimum Gasteiger partial charge on any atom is -0.493 e. The third kappa shape index (κ3) is 6.60. The molecule has 0 spiro atoms.